The predicted molar refractivity (Wildman–Crippen MR) is 73.7 cm³/mol. The van der Waals surface area contributed by atoms with Crippen LogP contribution in [0.3, 0.4) is 0 Å². The van der Waals surface area contributed by atoms with E-state index in [-0.39, 0.29) is 5.41 Å². The fourth-order valence-electron chi connectivity index (χ4n) is 2.27. The summed E-state index contributed by atoms with van der Waals surface area (Å²) in [4.78, 5) is 4.64. The fourth-order valence-corrected chi connectivity index (χ4v) is 2.27. The fraction of sp³-hybridized carbons (Fsp3) is 0.846. The summed E-state index contributed by atoms with van der Waals surface area (Å²) in [6, 6.07) is 0.365. The molecule has 2 N–H and O–H groups in total. The van der Waals surface area contributed by atoms with Gasteiger partial charge in [-0.25, -0.2) is 0 Å². The molecule has 0 bridgehead atoms. The molecule has 1 aliphatic heterocycles. The Morgan fingerprint density at radius 3 is 2.63 bits per heavy atom. The van der Waals surface area contributed by atoms with Gasteiger partial charge < -0.3 is 15.1 Å². The third kappa shape index (κ3) is 3.52. The first-order valence-corrected chi connectivity index (χ1v) is 6.85. The van der Waals surface area contributed by atoms with Gasteiger partial charge in [-0.15, -0.1) is 10.2 Å². The Balaban J connectivity index is 2.02. The molecule has 1 atom stereocenters. The van der Waals surface area contributed by atoms with Crippen molar-refractivity contribution in [2.75, 3.05) is 33.2 Å². The van der Waals surface area contributed by atoms with Gasteiger partial charge in [0, 0.05) is 37.6 Å². The van der Waals surface area contributed by atoms with Gasteiger partial charge in [0.15, 0.2) is 0 Å². The van der Waals surface area contributed by atoms with Gasteiger partial charge in [0.25, 0.3) is 0 Å². The van der Waals surface area contributed by atoms with Crippen molar-refractivity contribution in [1.29, 1.82) is 0 Å². The highest BCUT2D eigenvalue weighted by atomic mass is 16.4. The van der Waals surface area contributed by atoms with Crippen LogP contribution >= 0.6 is 0 Å². The molecule has 0 aliphatic carbocycles. The van der Waals surface area contributed by atoms with Crippen LogP contribution in [0.2, 0.25) is 0 Å². The summed E-state index contributed by atoms with van der Waals surface area (Å²) in [6.07, 6.45) is 0. The van der Waals surface area contributed by atoms with E-state index in [0.717, 1.165) is 19.6 Å². The number of nitrogens with zero attached hydrogens (tertiary/aromatic N) is 4. The summed E-state index contributed by atoms with van der Waals surface area (Å²) in [5, 5.41) is 8.29. The molecule has 1 fully saturated rings. The van der Waals surface area contributed by atoms with Gasteiger partial charge in [0.1, 0.15) is 0 Å². The highest BCUT2D eigenvalue weighted by Crippen LogP contribution is 2.21. The Hall–Kier alpha value is -0.980. The minimum atomic E-state index is -0.0966. The Morgan fingerprint density at radius 1 is 1.32 bits per heavy atom. The van der Waals surface area contributed by atoms with Crippen molar-refractivity contribution >= 4 is 0 Å². The van der Waals surface area contributed by atoms with Crippen LogP contribution in [0, 0.1) is 0 Å². The molecular weight excluding hydrogens is 242 g/mol. The van der Waals surface area contributed by atoms with Crippen LogP contribution in [0.5, 0.6) is 0 Å². The summed E-state index contributed by atoms with van der Waals surface area (Å²) in [7, 11) is 2.13. The maximum absolute atomic E-state index is 5.85. The molecule has 1 aromatic rings. The minimum Gasteiger partial charge on any atom is -0.423 e. The van der Waals surface area contributed by atoms with E-state index < -0.39 is 0 Å². The molecule has 6 heteroatoms. The zero-order chi connectivity index (χ0) is 14.0. The van der Waals surface area contributed by atoms with E-state index in [1.54, 1.807) is 0 Å². The molecule has 0 aromatic carbocycles. The van der Waals surface area contributed by atoms with Crippen LogP contribution in [0.15, 0.2) is 4.42 Å². The van der Waals surface area contributed by atoms with Crippen LogP contribution in [-0.4, -0.2) is 59.3 Å². The smallest absolute Gasteiger partial charge is 0.230 e. The number of nitrogens with two attached hydrogens (primary N) is 1. The van der Waals surface area contributed by atoms with Gasteiger partial charge in [-0.3, -0.25) is 4.90 Å². The van der Waals surface area contributed by atoms with Crippen molar-refractivity contribution in [3.63, 3.8) is 0 Å². The Labute approximate surface area is 115 Å². The molecule has 2 heterocycles. The Bertz CT molecular complexity index is 411. The van der Waals surface area contributed by atoms with E-state index in [1.165, 1.54) is 0 Å². The lowest BCUT2D eigenvalue weighted by molar-refractivity contribution is 0.0796. The number of aromatic nitrogens is 2. The van der Waals surface area contributed by atoms with Gasteiger partial charge in [-0.1, -0.05) is 20.8 Å². The summed E-state index contributed by atoms with van der Waals surface area (Å²) in [6.45, 7) is 10.6. The van der Waals surface area contributed by atoms with Crippen molar-refractivity contribution in [3.05, 3.63) is 11.8 Å². The maximum atomic E-state index is 5.85. The first-order chi connectivity index (χ1) is 8.90. The maximum Gasteiger partial charge on any atom is 0.230 e. The summed E-state index contributed by atoms with van der Waals surface area (Å²) >= 11 is 0. The van der Waals surface area contributed by atoms with Crippen molar-refractivity contribution in [3.8, 4) is 0 Å². The summed E-state index contributed by atoms with van der Waals surface area (Å²) in [5.74, 6) is 1.38. The van der Waals surface area contributed by atoms with Gasteiger partial charge in [0.05, 0.1) is 6.54 Å². The monoisotopic (exact) mass is 267 g/mol. The topological polar surface area (TPSA) is 71.4 Å². The molecule has 19 heavy (non-hydrogen) atoms. The lowest BCUT2D eigenvalue weighted by atomic mass is 9.97. The van der Waals surface area contributed by atoms with Crippen molar-refractivity contribution < 1.29 is 4.42 Å². The van der Waals surface area contributed by atoms with Crippen LogP contribution in [0.1, 0.15) is 32.6 Å². The second kappa shape index (κ2) is 5.56. The summed E-state index contributed by atoms with van der Waals surface area (Å²) < 4.78 is 5.75. The number of likely N-dealkylation sites (N-methyl/N-ethyl adjacent to an activating group) is 1. The van der Waals surface area contributed by atoms with Crippen LogP contribution in [0.25, 0.3) is 0 Å². The average Bonchev–Trinajstić information content (AvgIpc) is 2.79. The number of hydrogen-bond donors (Lipinski definition) is 1. The second-order valence-corrected chi connectivity index (χ2v) is 6.37. The normalized spacial score (nSPS) is 22.9. The second-order valence-electron chi connectivity index (χ2n) is 6.37. The van der Waals surface area contributed by atoms with E-state index in [0.29, 0.717) is 30.9 Å². The van der Waals surface area contributed by atoms with Crippen molar-refractivity contribution in [2.45, 2.75) is 38.8 Å². The predicted octanol–water partition coefficient (Wildman–Crippen LogP) is 0.442. The molecule has 0 amide bonds. The molecule has 0 saturated carbocycles. The van der Waals surface area contributed by atoms with Gasteiger partial charge in [0.2, 0.25) is 11.8 Å². The molecule has 108 valence electrons. The lowest BCUT2D eigenvalue weighted by Crippen LogP contribution is -2.54. The van der Waals surface area contributed by atoms with Crippen LogP contribution < -0.4 is 5.73 Å². The largest absolute Gasteiger partial charge is 0.423 e. The van der Waals surface area contributed by atoms with Gasteiger partial charge in [-0.05, 0) is 7.05 Å². The third-order valence-corrected chi connectivity index (χ3v) is 3.53. The highest BCUT2D eigenvalue weighted by Gasteiger charge is 2.27. The first kappa shape index (κ1) is 14.4. The van der Waals surface area contributed by atoms with Gasteiger partial charge in [-0.2, -0.15) is 0 Å². The standard InChI is InChI=1S/C13H25N5O/c1-13(2,3)12-16-15-11(19-12)9-18-6-5-17(4)8-10(18)7-14/h10H,5-9,14H2,1-4H3. The number of rotatable bonds is 3. The quantitative estimate of drug-likeness (QED) is 0.857. The van der Waals surface area contributed by atoms with E-state index >= 15 is 0 Å². The van der Waals surface area contributed by atoms with Crippen molar-refractivity contribution in [2.24, 2.45) is 5.73 Å². The number of piperazine rings is 1. The SMILES string of the molecule is CN1CCN(Cc2nnc(C(C)(C)C)o2)C(CN)C1. The Kier molecular flexibility index (Phi) is 4.23. The highest BCUT2D eigenvalue weighted by molar-refractivity contribution is 4.96. The van der Waals surface area contributed by atoms with E-state index in [2.05, 4.69) is 47.8 Å². The molecule has 0 spiro atoms. The van der Waals surface area contributed by atoms with Crippen LogP contribution in [0.4, 0.5) is 0 Å². The first-order valence-electron chi connectivity index (χ1n) is 6.85. The average molecular weight is 267 g/mol. The molecule has 1 aliphatic rings. The van der Waals surface area contributed by atoms with Gasteiger partial charge >= 0.3 is 0 Å². The summed E-state index contributed by atoms with van der Waals surface area (Å²) in [5.41, 5.74) is 5.75. The number of hydrogen-bond acceptors (Lipinski definition) is 6. The zero-order valence-electron chi connectivity index (χ0n) is 12.4. The van der Waals surface area contributed by atoms with Crippen LogP contribution in [-0.2, 0) is 12.0 Å². The molecule has 2 rings (SSSR count). The third-order valence-electron chi connectivity index (χ3n) is 3.53. The van der Waals surface area contributed by atoms with Crippen molar-refractivity contribution in [1.82, 2.24) is 20.0 Å². The molecule has 6 nitrogen and oxygen atoms in total. The minimum absolute atomic E-state index is 0.0966. The Morgan fingerprint density at radius 2 is 2.05 bits per heavy atom. The molecule has 1 aromatic heterocycles. The van der Waals surface area contributed by atoms with E-state index in [1.807, 2.05) is 0 Å². The lowest BCUT2D eigenvalue weighted by Gasteiger charge is -2.38. The van der Waals surface area contributed by atoms with E-state index in [9.17, 15) is 0 Å². The molecule has 1 unspecified atom stereocenters. The zero-order valence-corrected chi connectivity index (χ0v) is 12.4. The molecule has 0 radical (unpaired) electrons. The van der Waals surface area contributed by atoms with E-state index in [4.69, 9.17) is 10.2 Å². The molecule has 1 saturated heterocycles. The molecular formula is C13H25N5O.